The molecule has 1 aromatic heterocycles. The number of nitrogens with two attached hydrogens (primary N) is 1. The first-order valence-corrected chi connectivity index (χ1v) is 9.17. The minimum atomic E-state index is -0.386. The normalized spacial score (nSPS) is 15.4. The summed E-state index contributed by atoms with van der Waals surface area (Å²) in [6.07, 6.45) is 0.872. The van der Waals surface area contributed by atoms with Crippen LogP contribution in [-0.4, -0.2) is 31.3 Å². The molecule has 0 aliphatic heterocycles. The van der Waals surface area contributed by atoms with Crippen LogP contribution in [-0.2, 0) is 27.2 Å². The summed E-state index contributed by atoms with van der Waals surface area (Å²) in [5.74, 6) is -1.30. The molecule has 136 valence electrons. The van der Waals surface area contributed by atoms with Crippen molar-refractivity contribution in [2.45, 2.75) is 12.8 Å². The molecule has 0 saturated heterocycles. The van der Waals surface area contributed by atoms with Crippen molar-refractivity contribution >= 4 is 45.6 Å². The van der Waals surface area contributed by atoms with E-state index in [2.05, 4.69) is 5.32 Å². The Balaban J connectivity index is 2.05. The first-order chi connectivity index (χ1) is 12.5. The smallest absolute Gasteiger partial charge is 0.309 e. The number of carbonyl (C=O) groups excluding carboxylic acids is 3. The Morgan fingerprint density at radius 3 is 2.69 bits per heavy atom. The van der Waals surface area contributed by atoms with Gasteiger partial charge < -0.3 is 15.8 Å². The molecule has 1 heterocycles. The molecule has 2 aromatic rings. The van der Waals surface area contributed by atoms with Gasteiger partial charge in [0.2, 0.25) is 5.91 Å². The predicted molar refractivity (Wildman–Crippen MR) is 99.8 cm³/mol. The molecule has 1 aliphatic rings. The molecule has 6 nitrogen and oxygen atoms in total. The Bertz CT molecular complexity index is 893. The maximum atomic E-state index is 13.1. The molecule has 0 bridgehead atoms. The van der Waals surface area contributed by atoms with Gasteiger partial charge in [-0.1, -0.05) is 23.7 Å². The third kappa shape index (κ3) is 3.38. The van der Waals surface area contributed by atoms with Crippen LogP contribution in [0.2, 0.25) is 5.02 Å². The van der Waals surface area contributed by atoms with Gasteiger partial charge in [-0.25, -0.2) is 0 Å². The highest BCUT2D eigenvalue weighted by Crippen LogP contribution is 2.42. The standard InChI is InChI=1S/C18H17ClN2O4S/c1-25-18(24)9-6-11-13(7-9)26-17(21-14(22)8-20)15(11)16(23)10-4-2-3-5-12(10)19/h2-5,9H,6-8,20H2,1H3,(H,21,22)/t9-/m0/s1. The lowest BCUT2D eigenvalue weighted by Gasteiger charge is -2.10. The van der Waals surface area contributed by atoms with Crippen LogP contribution in [0.25, 0.3) is 0 Å². The number of esters is 1. The van der Waals surface area contributed by atoms with Gasteiger partial charge in [0.1, 0.15) is 5.00 Å². The van der Waals surface area contributed by atoms with E-state index in [9.17, 15) is 14.4 Å². The summed E-state index contributed by atoms with van der Waals surface area (Å²) in [4.78, 5) is 37.7. The van der Waals surface area contributed by atoms with Crippen LogP contribution in [0.5, 0.6) is 0 Å². The molecule has 0 unspecified atom stereocenters. The molecule has 26 heavy (non-hydrogen) atoms. The second-order valence-electron chi connectivity index (χ2n) is 5.90. The van der Waals surface area contributed by atoms with E-state index < -0.39 is 0 Å². The number of ether oxygens (including phenoxy) is 1. The molecule has 1 atom stereocenters. The molecular weight excluding hydrogens is 376 g/mol. The average molecular weight is 393 g/mol. The number of benzene rings is 1. The summed E-state index contributed by atoms with van der Waals surface area (Å²) >= 11 is 7.47. The Morgan fingerprint density at radius 2 is 2.04 bits per heavy atom. The third-order valence-electron chi connectivity index (χ3n) is 4.29. The van der Waals surface area contributed by atoms with E-state index in [1.165, 1.54) is 18.4 Å². The molecule has 0 saturated carbocycles. The van der Waals surface area contributed by atoms with Gasteiger partial charge >= 0.3 is 5.97 Å². The zero-order valence-electron chi connectivity index (χ0n) is 14.0. The van der Waals surface area contributed by atoms with Gasteiger partial charge in [-0.2, -0.15) is 0 Å². The number of thiophene rings is 1. The first kappa shape index (κ1) is 18.6. The van der Waals surface area contributed by atoms with Crippen LogP contribution in [0.15, 0.2) is 24.3 Å². The van der Waals surface area contributed by atoms with Crippen LogP contribution in [0.1, 0.15) is 26.4 Å². The van der Waals surface area contributed by atoms with Crippen molar-refractivity contribution in [2.24, 2.45) is 11.7 Å². The largest absolute Gasteiger partial charge is 0.469 e. The Labute approximate surface area is 159 Å². The van der Waals surface area contributed by atoms with Gasteiger partial charge in [-0.15, -0.1) is 11.3 Å². The van der Waals surface area contributed by atoms with Crippen molar-refractivity contribution in [3.05, 3.63) is 50.9 Å². The Hall–Kier alpha value is -2.22. The van der Waals surface area contributed by atoms with E-state index in [0.717, 1.165) is 10.4 Å². The molecule has 1 aliphatic carbocycles. The molecule has 0 radical (unpaired) electrons. The van der Waals surface area contributed by atoms with Crippen molar-refractivity contribution in [1.82, 2.24) is 0 Å². The molecule has 0 fully saturated rings. The summed E-state index contributed by atoms with van der Waals surface area (Å²) in [6.45, 7) is -0.187. The maximum Gasteiger partial charge on any atom is 0.309 e. The highest BCUT2D eigenvalue weighted by Gasteiger charge is 2.36. The quantitative estimate of drug-likeness (QED) is 0.601. The number of hydrogen-bond donors (Lipinski definition) is 2. The van der Waals surface area contributed by atoms with Crippen LogP contribution in [0, 0.1) is 5.92 Å². The average Bonchev–Trinajstić information content (AvgIpc) is 3.18. The number of amides is 1. The lowest BCUT2D eigenvalue weighted by molar-refractivity contribution is -0.145. The van der Waals surface area contributed by atoms with Crippen molar-refractivity contribution in [3.8, 4) is 0 Å². The number of halogens is 1. The van der Waals surface area contributed by atoms with Crippen molar-refractivity contribution < 1.29 is 19.1 Å². The van der Waals surface area contributed by atoms with Gasteiger partial charge in [0, 0.05) is 10.4 Å². The van der Waals surface area contributed by atoms with E-state index >= 15 is 0 Å². The predicted octanol–water partition coefficient (Wildman–Crippen LogP) is 2.42. The minimum absolute atomic E-state index is 0.187. The molecular formula is C18H17ClN2O4S. The fourth-order valence-electron chi connectivity index (χ4n) is 3.05. The topological polar surface area (TPSA) is 98.5 Å². The minimum Gasteiger partial charge on any atom is -0.469 e. The number of hydrogen-bond acceptors (Lipinski definition) is 6. The summed E-state index contributed by atoms with van der Waals surface area (Å²) in [5.41, 5.74) is 6.87. The van der Waals surface area contributed by atoms with Gasteiger partial charge in [0.25, 0.3) is 0 Å². The fourth-order valence-corrected chi connectivity index (χ4v) is 4.60. The lowest BCUT2D eigenvalue weighted by Crippen LogP contribution is -2.23. The van der Waals surface area contributed by atoms with Crippen LogP contribution < -0.4 is 11.1 Å². The van der Waals surface area contributed by atoms with Gasteiger partial charge in [0.15, 0.2) is 5.78 Å². The lowest BCUT2D eigenvalue weighted by atomic mass is 9.98. The summed E-state index contributed by atoms with van der Waals surface area (Å²) < 4.78 is 4.82. The van der Waals surface area contributed by atoms with E-state index in [4.69, 9.17) is 22.1 Å². The Morgan fingerprint density at radius 1 is 1.31 bits per heavy atom. The van der Waals surface area contributed by atoms with Gasteiger partial charge in [0.05, 0.1) is 30.2 Å². The fraction of sp³-hybridized carbons (Fsp3) is 0.278. The number of rotatable bonds is 5. The van der Waals surface area contributed by atoms with E-state index in [1.54, 1.807) is 24.3 Å². The zero-order chi connectivity index (χ0) is 18.8. The van der Waals surface area contributed by atoms with Crippen molar-refractivity contribution in [2.75, 3.05) is 19.0 Å². The van der Waals surface area contributed by atoms with Crippen LogP contribution in [0.4, 0.5) is 5.00 Å². The molecule has 1 aromatic carbocycles. The zero-order valence-corrected chi connectivity index (χ0v) is 15.6. The number of carbonyl (C=O) groups is 3. The van der Waals surface area contributed by atoms with Crippen LogP contribution >= 0.6 is 22.9 Å². The SMILES string of the molecule is COC(=O)[C@@H]1Cc2sc(NC(=O)CN)c(C(=O)c3ccccc3Cl)c2C1. The number of fused-ring (bicyclic) bond motifs is 1. The second kappa shape index (κ2) is 7.57. The number of nitrogens with one attached hydrogen (secondary N) is 1. The van der Waals surface area contributed by atoms with E-state index in [0.29, 0.717) is 34.0 Å². The second-order valence-corrected chi connectivity index (χ2v) is 7.41. The van der Waals surface area contributed by atoms with E-state index in [-0.39, 0.29) is 30.1 Å². The molecule has 3 N–H and O–H groups in total. The molecule has 8 heteroatoms. The van der Waals surface area contributed by atoms with Crippen molar-refractivity contribution in [1.29, 1.82) is 0 Å². The third-order valence-corrected chi connectivity index (χ3v) is 5.79. The van der Waals surface area contributed by atoms with Crippen LogP contribution in [0.3, 0.4) is 0 Å². The summed E-state index contributed by atoms with van der Waals surface area (Å²) in [7, 11) is 1.34. The van der Waals surface area contributed by atoms with E-state index in [1.807, 2.05) is 0 Å². The van der Waals surface area contributed by atoms with Crippen molar-refractivity contribution in [3.63, 3.8) is 0 Å². The first-order valence-electron chi connectivity index (χ1n) is 7.97. The highest BCUT2D eigenvalue weighted by molar-refractivity contribution is 7.17. The maximum absolute atomic E-state index is 13.1. The highest BCUT2D eigenvalue weighted by atomic mass is 35.5. The molecule has 0 spiro atoms. The molecule has 3 rings (SSSR count). The monoisotopic (exact) mass is 392 g/mol. The van der Waals surface area contributed by atoms with Gasteiger partial charge in [-0.3, -0.25) is 14.4 Å². The Kier molecular flexibility index (Phi) is 5.41. The summed E-state index contributed by atoms with van der Waals surface area (Å²) in [6, 6.07) is 6.73. The number of ketones is 1. The number of methoxy groups -OCH3 is 1. The molecule has 1 amide bonds. The van der Waals surface area contributed by atoms with Gasteiger partial charge in [-0.05, 0) is 30.5 Å². The number of anilines is 1. The summed E-state index contributed by atoms with van der Waals surface area (Å²) in [5, 5.41) is 3.47.